The summed E-state index contributed by atoms with van der Waals surface area (Å²) in [5.74, 6) is 0. The third-order valence-corrected chi connectivity index (χ3v) is 4.26. The SMILES string of the molecule is c1ccc(CCNc2nn3cc(-c4cccnc4)nc3s2)nc1. The number of aromatic nitrogens is 5. The summed E-state index contributed by atoms with van der Waals surface area (Å²) >= 11 is 1.54. The van der Waals surface area contributed by atoms with E-state index in [-0.39, 0.29) is 0 Å². The monoisotopic (exact) mass is 322 g/mol. The van der Waals surface area contributed by atoms with E-state index in [1.54, 1.807) is 16.9 Å². The second-order valence-corrected chi connectivity index (χ2v) is 5.96. The molecule has 7 heteroatoms. The quantitative estimate of drug-likeness (QED) is 0.612. The maximum atomic E-state index is 4.60. The summed E-state index contributed by atoms with van der Waals surface area (Å²) in [5, 5.41) is 8.70. The average molecular weight is 322 g/mol. The molecule has 0 aliphatic rings. The van der Waals surface area contributed by atoms with Crippen LogP contribution in [0.1, 0.15) is 5.69 Å². The van der Waals surface area contributed by atoms with Crippen molar-refractivity contribution >= 4 is 21.4 Å². The van der Waals surface area contributed by atoms with E-state index >= 15 is 0 Å². The van der Waals surface area contributed by atoms with E-state index in [2.05, 4.69) is 25.4 Å². The number of fused-ring (bicyclic) bond motifs is 1. The molecule has 0 saturated carbocycles. The molecule has 1 N–H and O–H groups in total. The Labute approximate surface area is 136 Å². The summed E-state index contributed by atoms with van der Waals surface area (Å²) in [5.41, 5.74) is 2.95. The Morgan fingerprint density at radius 3 is 2.91 bits per heavy atom. The Hall–Kier alpha value is -2.80. The molecule has 4 rings (SSSR count). The highest BCUT2D eigenvalue weighted by Gasteiger charge is 2.09. The molecule has 4 aromatic heterocycles. The van der Waals surface area contributed by atoms with Gasteiger partial charge in [0.05, 0.1) is 11.9 Å². The normalized spacial score (nSPS) is 11.0. The highest BCUT2D eigenvalue weighted by molar-refractivity contribution is 7.20. The zero-order valence-electron chi connectivity index (χ0n) is 12.3. The van der Waals surface area contributed by atoms with Crippen LogP contribution in [0.15, 0.2) is 55.1 Å². The number of nitrogens with one attached hydrogen (secondary N) is 1. The number of rotatable bonds is 5. The van der Waals surface area contributed by atoms with Gasteiger partial charge in [0.1, 0.15) is 0 Å². The number of hydrogen-bond donors (Lipinski definition) is 1. The Kier molecular flexibility index (Phi) is 3.69. The van der Waals surface area contributed by atoms with E-state index in [1.165, 1.54) is 11.3 Å². The minimum atomic E-state index is 0.795. The van der Waals surface area contributed by atoms with Crippen LogP contribution in [-0.2, 0) is 6.42 Å². The summed E-state index contributed by atoms with van der Waals surface area (Å²) in [6.45, 7) is 0.795. The lowest BCUT2D eigenvalue weighted by molar-refractivity contribution is 0.929. The maximum absolute atomic E-state index is 4.60. The summed E-state index contributed by atoms with van der Waals surface area (Å²) in [4.78, 5) is 13.9. The largest absolute Gasteiger partial charge is 0.360 e. The fraction of sp³-hybridized carbons (Fsp3) is 0.125. The van der Waals surface area contributed by atoms with Crippen molar-refractivity contribution in [1.29, 1.82) is 0 Å². The molecule has 0 aliphatic heterocycles. The number of anilines is 1. The summed E-state index contributed by atoms with van der Waals surface area (Å²) in [7, 11) is 0. The maximum Gasteiger partial charge on any atom is 0.214 e. The summed E-state index contributed by atoms with van der Waals surface area (Å²) in [6, 6.07) is 9.84. The molecule has 0 radical (unpaired) electrons. The highest BCUT2D eigenvalue weighted by Crippen LogP contribution is 2.23. The van der Waals surface area contributed by atoms with Crippen LogP contribution in [0.4, 0.5) is 5.13 Å². The van der Waals surface area contributed by atoms with Crippen molar-refractivity contribution in [2.45, 2.75) is 6.42 Å². The smallest absolute Gasteiger partial charge is 0.214 e. The van der Waals surface area contributed by atoms with E-state index in [1.807, 2.05) is 42.7 Å². The first kappa shape index (κ1) is 13.8. The van der Waals surface area contributed by atoms with Crippen molar-refractivity contribution in [2.75, 3.05) is 11.9 Å². The van der Waals surface area contributed by atoms with Gasteiger partial charge >= 0.3 is 0 Å². The first-order valence-corrected chi connectivity index (χ1v) is 8.10. The Bertz CT molecular complexity index is 869. The van der Waals surface area contributed by atoms with E-state index in [0.717, 1.165) is 40.0 Å². The number of nitrogens with zero attached hydrogens (tertiary/aromatic N) is 5. The van der Waals surface area contributed by atoms with Crippen LogP contribution < -0.4 is 5.32 Å². The van der Waals surface area contributed by atoms with Crippen molar-refractivity contribution in [3.63, 3.8) is 0 Å². The molecular weight excluding hydrogens is 308 g/mol. The molecule has 0 fully saturated rings. The molecule has 114 valence electrons. The zero-order valence-corrected chi connectivity index (χ0v) is 13.1. The third-order valence-electron chi connectivity index (χ3n) is 3.38. The summed E-state index contributed by atoms with van der Waals surface area (Å²) < 4.78 is 1.80. The molecule has 0 bridgehead atoms. The molecule has 4 heterocycles. The number of imidazole rings is 1. The second kappa shape index (κ2) is 6.13. The molecule has 0 aliphatic carbocycles. The van der Waals surface area contributed by atoms with E-state index < -0.39 is 0 Å². The number of pyridine rings is 2. The lowest BCUT2D eigenvalue weighted by atomic mass is 10.2. The zero-order chi connectivity index (χ0) is 15.5. The molecule has 0 atom stereocenters. The van der Waals surface area contributed by atoms with E-state index in [0.29, 0.717) is 0 Å². The Balaban J connectivity index is 1.44. The van der Waals surface area contributed by atoms with Crippen LogP contribution in [0.25, 0.3) is 16.2 Å². The standard InChI is InChI=1S/C16H14N6S/c1-2-8-18-13(5-1)6-9-19-15-21-22-11-14(20-16(22)23-15)12-4-3-7-17-10-12/h1-5,7-8,10-11H,6,9H2,(H,19,21). The van der Waals surface area contributed by atoms with Gasteiger partial charge < -0.3 is 5.32 Å². The molecule has 6 nitrogen and oxygen atoms in total. The van der Waals surface area contributed by atoms with Crippen LogP contribution in [0.2, 0.25) is 0 Å². The molecule has 0 saturated heterocycles. The van der Waals surface area contributed by atoms with Crippen LogP contribution in [0.5, 0.6) is 0 Å². The average Bonchev–Trinajstić information content (AvgIpc) is 3.15. The van der Waals surface area contributed by atoms with Crippen molar-refractivity contribution in [2.24, 2.45) is 0 Å². The van der Waals surface area contributed by atoms with Gasteiger partial charge in [-0.1, -0.05) is 17.4 Å². The second-order valence-electron chi connectivity index (χ2n) is 5.00. The molecular formula is C16H14N6S. The minimum Gasteiger partial charge on any atom is -0.360 e. The van der Waals surface area contributed by atoms with Gasteiger partial charge in [-0.25, -0.2) is 9.50 Å². The van der Waals surface area contributed by atoms with Crippen molar-refractivity contribution < 1.29 is 0 Å². The first-order chi connectivity index (χ1) is 11.4. The van der Waals surface area contributed by atoms with Gasteiger partial charge in [0, 0.05) is 42.8 Å². The Morgan fingerprint density at radius 2 is 2.13 bits per heavy atom. The van der Waals surface area contributed by atoms with Crippen molar-refractivity contribution in [3.8, 4) is 11.3 Å². The van der Waals surface area contributed by atoms with Gasteiger partial charge in [-0.15, -0.1) is 5.10 Å². The Morgan fingerprint density at radius 1 is 1.13 bits per heavy atom. The van der Waals surface area contributed by atoms with Crippen LogP contribution in [0.3, 0.4) is 0 Å². The van der Waals surface area contributed by atoms with E-state index in [9.17, 15) is 0 Å². The number of hydrogen-bond acceptors (Lipinski definition) is 6. The third kappa shape index (κ3) is 3.04. The van der Waals surface area contributed by atoms with Gasteiger partial charge in [0.2, 0.25) is 10.1 Å². The highest BCUT2D eigenvalue weighted by atomic mass is 32.1. The van der Waals surface area contributed by atoms with Crippen LogP contribution in [0, 0.1) is 0 Å². The molecule has 0 amide bonds. The predicted molar refractivity (Wildman–Crippen MR) is 90.5 cm³/mol. The lowest BCUT2D eigenvalue weighted by Gasteiger charge is -2.01. The van der Waals surface area contributed by atoms with Gasteiger partial charge in [-0.3, -0.25) is 9.97 Å². The lowest BCUT2D eigenvalue weighted by Crippen LogP contribution is -2.05. The van der Waals surface area contributed by atoms with Gasteiger partial charge in [-0.2, -0.15) is 0 Å². The van der Waals surface area contributed by atoms with Gasteiger partial charge in [0.25, 0.3) is 0 Å². The minimum absolute atomic E-state index is 0.795. The molecule has 0 aromatic carbocycles. The van der Waals surface area contributed by atoms with Crippen LogP contribution >= 0.6 is 11.3 Å². The van der Waals surface area contributed by atoms with Crippen molar-refractivity contribution in [1.82, 2.24) is 24.6 Å². The molecule has 23 heavy (non-hydrogen) atoms. The van der Waals surface area contributed by atoms with Gasteiger partial charge in [-0.05, 0) is 24.3 Å². The van der Waals surface area contributed by atoms with Crippen LogP contribution in [-0.4, -0.2) is 31.1 Å². The van der Waals surface area contributed by atoms with E-state index in [4.69, 9.17) is 0 Å². The molecule has 0 unspecified atom stereocenters. The van der Waals surface area contributed by atoms with Crippen molar-refractivity contribution in [3.05, 3.63) is 60.8 Å². The topological polar surface area (TPSA) is 68.0 Å². The fourth-order valence-electron chi connectivity index (χ4n) is 2.27. The molecule has 0 spiro atoms. The summed E-state index contributed by atoms with van der Waals surface area (Å²) in [6.07, 6.45) is 8.16. The predicted octanol–water partition coefficient (Wildman–Crippen LogP) is 2.90. The molecule has 4 aromatic rings. The first-order valence-electron chi connectivity index (χ1n) is 7.29. The fourth-order valence-corrected chi connectivity index (χ4v) is 3.08. The van der Waals surface area contributed by atoms with Gasteiger partial charge in [0.15, 0.2) is 0 Å².